The third kappa shape index (κ3) is 16.1. The van der Waals surface area contributed by atoms with Crippen molar-refractivity contribution >= 4 is 11.9 Å². The Balaban J connectivity index is 0.979. The lowest BCUT2D eigenvalue weighted by atomic mass is 9.95. The second-order valence-electron chi connectivity index (χ2n) is 23.5. The Hall–Kier alpha value is -3.25. The molecule has 21 aliphatic rings. The molecule has 0 saturated carbocycles. The van der Waals surface area contributed by atoms with E-state index in [-0.39, 0.29) is 25.8 Å². The van der Waals surface area contributed by atoms with Crippen LogP contribution in [0.3, 0.4) is 0 Å². The Bertz CT molecular complexity index is 2460. The molecule has 0 aromatic carbocycles. The van der Waals surface area contributed by atoms with E-state index < -0.39 is 279 Å². The zero-order valence-corrected chi connectivity index (χ0v) is 49.1. The quantitative estimate of drug-likeness (QED) is 0.0684. The van der Waals surface area contributed by atoms with Crippen LogP contribution in [-0.4, -0.2) is 403 Å². The van der Waals surface area contributed by atoms with E-state index in [9.17, 15) is 117 Å². The first kappa shape index (κ1) is 74.0. The number of aromatic nitrogens is 2. The van der Waals surface area contributed by atoms with Gasteiger partial charge in [-0.3, -0.25) is 4.79 Å². The molecule has 534 valence electrons. The zero-order chi connectivity index (χ0) is 67.4. The van der Waals surface area contributed by atoms with Gasteiger partial charge in [-0.05, 0) is 13.0 Å². The fourth-order valence-electron chi connectivity index (χ4n) is 12.1. The van der Waals surface area contributed by atoms with Gasteiger partial charge < -0.3 is 189 Å². The molecule has 0 aliphatic carbocycles. The number of aliphatic carboxylic acids is 1. The van der Waals surface area contributed by atoms with E-state index in [1.807, 2.05) is 0 Å². The summed E-state index contributed by atoms with van der Waals surface area (Å²) in [6, 6.07) is -1.34. The van der Waals surface area contributed by atoms with E-state index in [2.05, 4.69) is 20.6 Å². The van der Waals surface area contributed by atoms with Gasteiger partial charge in [0.2, 0.25) is 5.91 Å². The average molecular weight is 1360 g/mol. The van der Waals surface area contributed by atoms with E-state index in [0.29, 0.717) is 5.69 Å². The minimum Gasteiger partial charge on any atom is -0.480 e. The number of imidazole rings is 1. The highest BCUT2D eigenvalue weighted by Gasteiger charge is 2.59. The number of carboxylic acids is 1. The van der Waals surface area contributed by atoms with Gasteiger partial charge in [-0.25, -0.2) is 9.78 Å². The van der Waals surface area contributed by atoms with Crippen molar-refractivity contribution in [3.05, 3.63) is 18.2 Å². The van der Waals surface area contributed by atoms with E-state index in [1.54, 1.807) is 0 Å². The lowest BCUT2D eigenvalue weighted by Crippen LogP contribution is -2.68. The maximum atomic E-state index is 12.9. The van der Waals surface area contributed by atoms with Crippen LogP contribution in [-0.2, 0) is 82.3 Å². The van der Waals surface area contributed by atoms with Gasteiger partial charge in [0.1, 0.15) is 177 Å². The van der Waals surface area contributed by atoms with Gasteiger partial charge in [0.05, 0.1) is 46.0 Å². The number of hydrogen-bond donors (Lipinski definition) is 24. The van der Waals surface area contributed by atoms with Gasteiger partial charge in [-0.2, -0.15) is 0 Å². The van der Waals surface area contributed by atoms with Crippen molar-refractivity contribution in [1.82, 2.24) is 20.6 Å². The summed E-state index contributed by atoms with van der Waals surface area (Å²) in [5.74, 6) is -2.00. The van der Waals surface area contributed by atoms with Crippen molar-refractivity contribution in [1.29, 1.82) is 0 Å². The van der Waals surface area contributed by atoms with Crippen LogP contribution >= 0.6 is 0 Å². The molecule has 93 heavy (non-hydrogen) atoms. The average Bonchev–Trinajstić information content (AvgIpc) is 0.862. The molecule has 1 amide bonds. The highest BCUT2D eigenvalue weighted by Crippen LogP contribution is 2.39. The van der Waals surface area contributed by atoms with Crippen molar-refractivity contribution in [3.63, 3.8) is 0 Å². The van der Waals surface area contributed by atoms with Crippen LogP contribution in [0.5, 0.6) is 0 Å². The largest absolute Gasteiger partial charge is 0.480 e. The molecule has 0 unspecified atom stereocenters. The summed E-state index contributed by atoms with van der Waals surface area (Å²) in [6.45, 7) is -6.95. The van der Waals surface area contributed by atoms with E-state index in [1.165, 1.54) is 12.5 Å². The van der Waals surface area contributed by atoms with Crippen LogP contribution in [0, 0.1) is 0 Å². The fourth-order valence-corrected chi connectivity index (χ4v) is 12.1. The molecule has 0 spiro atoms. The first-order chi connectivity index (χ1) is 44.4. The van der Waals surface area contributed by atoms with Crippen LogP contribution in [0.2, 0.25) is 0 Å². The molecule has 21 saturated heterocycles. The number of carbonyl (C=O) groups is 2. The van der Waals surface area contributed by atoms with Crippen molar-refractivity contribution in [2.45, 2.75) is 240 Å². The predicted molar refractivity (Wildman–Crippen MR) is 285 cm³/mol. The summed E-state index contributed by atoms with van der Waals surface area (Å²) in [7, 11) is 0. The highest BCUT2D eigenvalue weighted by molar-refractivity contribution is 5.83. The summed E-state index contributed by atoms with van der Waals surface area (Å²) in [5, 5.41) is 239. The first-order valence-electron chi connectivity index (χ1n) is 29.9. The lowest BCUT2D eigenvalue weighted by Gasteiger charge is -2.50. The second-order valence-corrected chi connectivity index (χ2v) is 23.5. The number of nitrogens with zero attached hydrogens (tertiary/aromatic N) is 1. The molecule has 21 fully saturated rings. The van der Waals surface area contributed by atoms with E-state index >= 15 is 0 Å². The molecule has 41 nitrogen and oxygen atoms in total. The molecule has 21 aliphatic heterocycles. The Labute approximate surface area is 525 Å². The highest BCUT2D eigenvalue weighted by atomic mass is 16.8. The number of rotatable bonds is 16. The number of ether oxygens (including phenoxy) is 14. The van der Waals surface area contributed by atoms with Gasteiger partial charge >= 0.3 is 5.97 Å². The maximum absolute atomic E-state index is 12.9. The zero-order valence-electron chi connectivity index (χ0n) is 49.1. The van der Waals surface area contributed by atoms with Crippen LogP contribution in [0.15, 0.2) is 12.5 Å². The topological polar surface area (TPSA) is 641 Å². The van der Waals surface area contributed by atoms with Gasteiger partial charge in [0.15, 0.2) is 44.0 Å². The summed E-state index contributed by atoms with van der Waals surface area (Å²) in [5.41, 5.74) is 0.426. The number of H-pyrrole nitrogens is 1. The molecule has 0 radical (unpaired) electrons. The monoisotopic (exact) mass is 1360 g/mol. The molecule has 36 atom stereocenters. The molecular formula is C52H84N4O37. The Morgan fingerprint density at radius 3 is 0.892 bits per heavy atom. The number of nitrogens with one attached hydrogen (secondary N) is 3. The van der Waals surface area contributed by atoms with E-state index in [4.69, 9.17) is 66.3 Å². The molecule has 1 aromatic rings. The third-order valence-corrected chi connectivity index (χ3v) is 17.3. The fraction of sp³-hybridized carbons (Fsp3) is 0.904. The predicted octanol–water partition coefficient (Wildman–Crippen LogP) is -15.3. The number of aliphatic hydroxyl groups is 20. The van der Waals surface area contributed by atoms with Crippen LogP contribution < -0.4 is 10.6 Å². The van der Waals surface area contributed by atoms with Crippen LogP contribution in [0.4, 0.5) is 0 Å². The van der Waals surface area contributed by atoms with E-state index in [0.717, 1.165) is 0 Å². The molecule has 22 heterocycles. The normalized spacial score (nSPS) is 48.1. The molecule has 14 bridgehead atoms. The van der Waals surface area contributed by atoms with Crippen molar-refractivity contribution < 1.29 is 183 Å². The standard InChI is InChI=1S/C52H84N4O37/c57-7-17-39-26(66)33(73)48(82-17)90-41-19(9-59)84-50(35(75)28(41)68)92-43-21(11-61)86-52(37(77)30(43)70)93-44-22(12-62)85-51(36(76)29(44)69)91-42-20(10-60)83-49(34(74)27(42)67)89-40-18(8-58)81-47(32(72)25(40)65)87-38-16(80-46(88-39)31(71)24(38)64)6-53-3-1-2-23(63)56-15(45(78)79)4-14-5-54-13-55-14/h5,13,15-22,24-44,46-53,57-62,64-77H,1-4,6-12H2,(H,54,55)(H,56,63)(H,78,79)/t15-,16+,17+,18+,19+,20+,21+,22+,24+,25+,26+,27+,28+,29+,30+,31+,32+,33+,34+,35+,36+,37+,38+,39+,40+,41+,42+,43+,44+,46+,47+,48+,49+,50+,51+,52+/m0/s1. The summed E-state index contributed by atoms with van der Waals surface area (Å²) in [6.07, 6.45) is -69.0. The molecular weight excluding hydrogens is 1270 g/mol. The second kappa shape index (κ2) is 32.6. The lowest BCUT2D eigenvalue weighted by molar-refractivity contribution is -0.396. The minimum atomic E-state index is -2.26. The number of aromatic amines is 1. The number of carboxylic acid groups (broad SMARTS) is 1. The number of amides is 1. The smallest absolute Gasteiger partial charge is 0.326 e. The Morgan fingerprint density at radius 2 is 0.656 bits per heavy atom. The number of aliphatic hydroxyl groups excluding tert-OH is 20. The van der Waals surface area contributed by atoms with Gasteiger partial charge in [-0.15, -0.1) is 0 Å². The van der Waals surface area contributed by atoms with Crippen molar-refractivity contribution in [3.8, 4) is 0 Å². The van der Waals surface area contributed by atoms with Crippen LogP contribution in [0.25, 0.3) is 0 Å². The number of hydrogen-bond acceptors (Lipinski definition) is 38. The Morgan fingerprint density at radius 1 is 0.398 bits per heavy atom. The summed E-state index contributed by atoms with van der Waals surface area (Å²) < 4.78 is 81.2. The maximum Gasteiger partial charge on any atom is 0.326 e. The SMILES string of the molecule is O=C(CCCNC[C@H]1O[C@@H]2O[C@H]3[C@H](O)[C@@H](O)[C@@H](O[C@H]4[C@H](O)[C@@H](O)[C@@H](O[C@H]5[C@H](O)[C@@H](O)[C@@H](O[C@H]6[C@H](O)[C@@H](O)[C@@H](O[C@H]7[C@H](O)[C@@H](O)[C@@H](O[C@H]8[C@H](O)[C@@H](O)[C@@H](O[C@H]1[C@H](O)[C@H]2O)O[C@@H]8CO)O[C@@H]7CO)O[C@@H]6CO)O[C@@H]5CO)O[C@@H]4CO)O[C@@H]3CO)N[C@@H](Cc1cnc[nH]1)C(=O)O. The minimum absolute atomic E-state index is 0.0200. The summed E-state index contributed by atoms with van der Waals surface area (Å²) in [4.78, 5) is 31.4. The third-order valence-electron chi connectivity index (χ3n) is 17.3. The van der Waals surface area contributed by atoms with Gasteiger partial charge in [-0.1, -0.05) is 0 Å². The van der Waals surface area contributed by atoms with Gasteiger partial charge in [0.25, 0.3) is 0 Å². The first-order valence-corrected chi connectivity index (χ1v) is 29.9. The van der Waals surface area contributed by atoms with Gasteiger partial charge in [0, 0.05) is 31.3 Å². The Kier molecular flexibility index (Phi) is 25.9. The molecule has 22 rings (SSSR count). The summed E-state index contributed by atoms with van der Waals surface area (Å²) >= 11 is 0. The van der Waals surface area contributed by atoms with Crippen molar-refractivity contribution in [2.24, 2.45) is 0 Å². The number of carbonyl (C=O) groups excluding carboxylic acids is 1. The molecule has 1 aromatic heterocycles. The molecule has 24 N–H and O–H groups in total. The van der Waals surface area contributed by atoms with Crippen LogP contribution in [0.1, 0.15) is 18.5 Å². The molecule has 41 heteroatoms. The van der Waals surface area contributed by atoms with Crippen molar-refractivity contribution in [2.75, 3.05) is 52.7 Å².